The van der Waals surface area contributed by atoms with E-state index in [1.165, 1.54) is 9.75 Å². The molecule has 1 aromatic carbocycles. The van der Waals surface area contributed by atoms with Crippen molar-refractivity contribution in [2.45, 2.75) is 20.4 Å². The maximum atomic E-state index is 6.16. The van der Waals surface area contributed by atoms with E-state index in [4.69, 9.17) is 31.0 Å². The van der Waals surface area contributed by atoms with E-state index in [1.54, 1.807) is 47.5 Å². The van der Waals surface area contributed by atoms with Crippen LogP contribution in [0.5, 0.6) is 11.5 Å². The van der Waals surface area contributed by atoms with Crippen LogP contribution in [0.3, 0.4) is 0 Å². The van der Waals surface area contributed by atoms with Crippen LogP contribution in [0.4, 0.5) is 5.82 Å². The fourth-order valence-electron chi connectivity index (χ4n) is 4.82. The van der Waals surface area contributed by atoms with Crippen LogP contribution in [-0.2, 0) is 6.54 Å². The summed E-state index contributed by atoms with van der Waals surface area (Å²) in [6.07, 6.45) is 6.99. The highest BCUT2D eigenvalue weighted by molar-refractivity contribution is 7.19. The zero-order chi connectivity index (χ0) is 30.8. The minimum absolute atomic E-state index is 0.498. The van der Waals surface area contributed by atoms with Gasteiger partial charge in [0.15, 0.2) is 23.1 Å². The van der Waals surface area contributed by atoms with Gasteiger partial charge >= 0.3 is 0 Å². The lowest BCUT2D eigenvalue weighted by Gasteiger charge is -2.19. The van der Waals surface area contributed by atoms with E-state index < -0.39 is 0 Å². The minimum Gasteiger partial charge on any atom is -0.486 e. The molecule has 7 aromatic rings. The summed E-state index contributed by atoms with van der Waals surface area (Å²) >= 11 is 9.45. The van der Waals surface area contributed by atoms with Crippen LogP contribution in [0.2, 0.25) is 5.15 Å². The van der Waals surface area contributed by atoms with Crippen LogP contribution in [0.1, 0.15) is 15.3 Å². The Balaban J connectivity index is 0.000000163. The van der Waals surface area contributed by atoms with Crippen molar-refractivity contribution < 1.29 is 9.47 Å². The maximum Gasteiger partial charge on any atom is 0.164 e. The number of nitrogens with zero attached hydrogens (tertiary/aromatic N) is 6. The number of pyridine rings is 2. The second-order valence-electron chi connectivity index (χ2n) is 10.2. The molecule has 0 aliphatic carbocycles. The summed E-state index contributed by atoms with van der Waals surface area (Å²) in [6.45, 7) is 5.93. The molecule has 6 aromatic heterocycles. The van der Waals surface area contributed by atoms with Crippen molar-refractivity contribution in [3.63, 3.8) is 0 Å². The smallest absolute Gasteiger partial charge is 0.164 e. The molecule has 0 saturated heterocycles. The first-order valence-electron chi connectivity index (χ1n) is 14.2. The van der Waals surface area contributed by atoms with E-state index in [9.17, 15) is 0 Å². The highest BCUT2D eigenvalue weighted by Gasteiger charge is 2.15. The summed E-state index contributed by atoms with van der Waals surface area (Å²) in [4.78, 5) is 30.8. The summed E-state index contributed by atoms with van der Waals surface area (Å²) in [5.74, 6) is 3.71. The molecule has 1 aliphatic rings. The van der Waals surface area contributed by atoms with Gasteiger partial charge in [-0.15, -0.1) is 22.7 Å². The van der Waals surface area contributed by atoms with Gasteiger partial charge in [0.1, 0.15) is 33.8 Å². The number of halogens is 1. The van der Waals surface area contributed by atoms with Crippen LogP contribution in [0, 0.1) is 13.8 Å². The Hall–Kier alpha value is -4.71. The van der Waals surface area contributed by atoms with Gasteiger partial charge in [-0.2, -0.15) is 0 Å². The van der Waals surface area contributed by atoms with E-state index in [2.05, 4.69) is 38.2 Å². The van der Waals surface area contributed by atoms with E-state index in [0.717, 1.165) is 54.4 Å². The Morgan fingerprint density at radius 3 is 2.02 bits per heavy atom. The van der Waals surface area contributed by atoms with Crippen molar-refractivity contribution in [1.82, 2.24) is 29.9 Å². The van der Waals surface area contributed by atoms with Crippen molar-refractivity contribution in [2.24, 2.45) is 0 Å². The molecule has 8 rings (SSSR count). The van der Waals surface area contributed by atoms with Crippen LogP contribution < -0.4 is 14.8 Å². The average molecular weight is 652 g/mol. The molecule has 1 aliphatic heterocycles. The lowest BCUT2D eigenvalue weighted by molar-refractivity contribution is 0.171. The lowest BCUT2D eigenvalue weighted by Crippen LogP contribution is -2.15. The van der Waals surface area contributed by atoms with E-state index >= 15 is 0 Å². The zero-order valence-corrected chi connectivity index (χ0v) is 26.7. The van der Waals surface area contributed by atoms with Crippen LogP contribution in [0.25, 0.3) is 43.2 Å². The molecule has 0 unspecified atom stereocenters. The van der Waals surface area contributed by atoms with Crippen molar-refractivity contribution in [1.29, 1.82) is 0 Å². The fourth-order valence-corrected chi connectivity index (χ4v) is 6.85. The lowest BCUT2D eigenvalue weighted by atomic mass is 10.2. The van der Waals surface area contributed by atoms with Gasteiger partial charge in [0.2, 0.25) is 0 Å². The second-order valence-corrected chi connectivity index (χ2v) is 13.0. The normalized spacial score (nSPS) is 12.2. The topological polar surface area (TPSA) is 108 Å². The van der Waals surface area contributed by atoms with Crippen LogP contribution in [0.15, 0.2) is 79.4 Å². The number of aryl methyl sites for hydroxylation is 2. The number of nitrogens with one attached hydrogen (secondary N) is 1. The Morgan fingerprint density at radius 1 is 0.733 bits per heavy atom. The number of benzene rings is 1. The predicted octanol–water partition coefficient (Wildman–Crippen LogP) is 8.16. The Labute approximate surface area is 272 Å². The largest absolute Gasteiger partial charge is 0.486 e. The number of hydrogen-bond donors (Lipinski definition) is 1. The summed E-state index contributed by atoms with van der Waals surface area (Å²) in [5, 5.41) is 5.92. The monoisotopic (exact) mass is 651 g/mol. The first-order chi connectivity index (χ1) is 22.0. The predicted molar refractivity (Wildman–Crippen MR) is 181 cm³/mol. The Kier molecular flexibility index (Phi) is 8.21. The third-order valence-electron chi connectivity index (χ3n) is 6.89. The van der Waals surface area contributed by atoms with Crippen LogP contribution >= 0.6 is 34.3 Å². The minimum atomic E-state index is 0.498. The number of thiophene rings is 2. The van der Waals surface area contributed by atoms with Crippen molar-refractivity contribution in [2.75, 3.05) is 18.5 Å². The third-order valence-corrected chi connectivity index (χ3v) is 9.07. The van der Waals surface area contributed by atoms with Crippen molar-refractivity contribution in [3.8, 4) is 34.3 Å². The quantitative estimate of drug-likeness (QED) is 0.184. The standard InChI is InChI=1S/C21H18N4O2S.C12H8ClN3S/c1-13-9-16-20(23-11-14-4-5-17-18(10-14)27-8-7-26-17)24-19(25-21(16)28-13)15-3-2-6-22-12-15;1-7-5-9-10(13)15-11(16-12(9)17-7)8-3-2-4-14-6-8/h2-6,9-10,12H,7-8,11H2,1H3,(H,23,24,25);2-6H,1H3. The van der Waals surface area contributed by atoms with Gasteiger partial charge in [0.05, 0.1) is 5.39 Å². The van der Waals surface area contributed by atoms with E-state index in [0.29, 0.717) is 36.6 Å². The first-order valence-corrected chi connectivity index (χ1v) is 16.2. The van der Waals surface area contributed by atoms with E-state index in [1.807, 2.05) is 55.5 Å². The van der Waals surface area contributed by atoms with Crippen LogP contribution in [-0.4, -0.2) is 43.1 Å². The maximum absolute atomic E-state index is 6.16. The van der Waals surface area contributed by atoms with Gasteiger partial charge in [0, 0.05) is 57.6 Å². The summed E-state index contributed by atoms with van der Waals surface area (Å²) in [5.41, 5.74) is 2.88. The van der Waals surface area contributed by atoms with Gasteiger partial charge < -0.3 is 14.8 Å². The number of fused-ring (bicyclic) bond motifs is 3. The number of rotatable bonds is 5. The van der Waals surface area contributed by atoms with Crippen molar-refractivity contribution >= 4 is 60.5 Å². The molecule has 12 heteroatoms. The Bertz CT molecular complexity index is 2120. The molecule has 1 N–H and O–H groups in total. The number of hydrogen-bond acceptors (Lipinski definition) is 11. The molecule has 7 heterocycles. The summed E-state index contributed by atoms with van der Waals surface area (Å²) in [7, 11) is 0. The molecule has 0 fully saturated rings. The molecule has 0 radical (unpaired) electrons. The molecule has 45 heavy (non-hydrogen) atoms. The highest BCUT2D eigenvalue weighted by Crippen LogP contribution is 2.34. The number of anilines is 1. The summed E-state index contributed by atoms with van der Waals surface area (Å²) < 4.78 is 11.3. The van der Waals surface area contributed by atoms with Crippen molar-refractivity contribution in [3.05, 3.63) is 99.9 Å². The molecule has 224 valence electrons. The van der Waals surface area contributed by atoms with Gasteiger partial charge in [-0.25, -0.2) is 19.9 Å². The number of ether oxygens (including phenoxy) is 2. The number of aromatic nitrogens is 6. The van der Waals surface area contributed by atoms with Gasteiger partial charge in [0.25, 0.3) is 0 Å². The molecule has 0 bridgehead atoms. The van der Waals surface area contributed by atoms with Gasteiger partial charge in [-0.05, 0) is 67.9 Å². The zero-order valence-electron chi connectivity index (χ0n) is 24.3. The van der Waals surface area contributed by atoms with Gasteiger partial charge in [-0.1, -0.05) is 17.7 Å². The molecule has 0 spiro atoms. The molecule has 0 atom stereocenters. The summed E-state index contributed by atoms with van der Waals surface area (Å²) in [6, 6.07) is 17.8. The highest BCUT2D eigenvalue weighted by atomic mass is 35.5. The van der Waals surface area contributed by atoms with E-state index in [-0.39, 0.29) is 0 Å². The van der Waals surface area contributed by atoms with Gasteiger partial charge in [-0.3, -0.25) is 9.97 Å². The molecule has 0 saturated carbocycles. The first kappa shape index (κ1) is 29.0. The molecule has 0 amide bonds. The average Bonchev–Trinajstić information content (AvgIpc) is 3.65. The molecule has 9 nitrogen and oxygen atoms in total. The third kappa shape index (κ3) is 6.41. The molecular weight excluding hydrogens is 626 g/mol. The molecular formula is C33H26ClN7O2S2. The SMILES string of the molecule is Cc1cc2c(Cl)nc(-c3cccnc3)nc2s1.Cc1cc2c(NCc3ccc4c(c3)OCCO4)nc(-c3cccnc3)nc2s1. The second kappa shape index (κ2) is 12.7. The fraction of sp³-hybridized carbons (Fsp3) is 0.152. The Morgan fingerprint density at radius 2 is 1.36 bits per heavy atom.